The first-order valence-electron chi connectivity index (χ1n) is 8.49. The number of nitrogens with zero attached hydrogens (tertiary/aromatic N) is 2. The molecule has 0 aliphatic carbocycles. The quantitative estimate of drug-likeness (QED) is 0.770. The van der Waals surface area contributed by atoms with Crippen molar-refractivity contribution in [3.8, 4) is 0 Å². The smallest absolute Gasteiger partial charge is 0.255 e. The Bertz CT molecular complexity index is 787. The second kappa shape index (κ2) is 7.68. The predicted molar refractivity (Wildman–Crippen MR) is 104 cm³/mol. The molecule has 136 valence electrons. The molecule has 0 saturated carbocycles. The number of piperazine rings is 1. The molecular formula is C20H20Cl2N2O2. The van der Waals surface area contributed by atoms with Crippen molar-refractivity contribution in [1.82, 2.24) is 9.80 Å². The van der Waals surface area contributed by atoms with Crippen molar-refractivity contribution in [3.63, 3.8) is 0 Å². The molecule has 0 aromatic heterocycles. The van der Waals surface area contributed by atoms with Crippen LogP contribution in [-0.2, 0) is 0 Å². The third-order valence-electron chi connectivity index (χ3n) is 4.87. The van der Waals surface area contributed by atoms with E-state index in [1.54, 1.807) is 28.0 Å². The maximum Gasteiger partial charge on any atom is 0.255 e. The van der Waals surface area contributed by atoms with E-state index in [0.29, 0.717) is 36.8 Å². The standard InChI is InChI=1S/C20H20Cl2N2O2/c1-13-5-3-6-15(14(13)2)19(25)23-9-11-24(12-10-23)20(26)16-7-4-8-17(21)18(16)22/h3-8H,9-12H2,1-2H3. The van der Waals surface area contributed by atoms with Crippen LogP contribution in [0.3, 0.4) is 0 Å². The number of benzene rings is 2. The maximum atomic E-state index is 12.8. The molecule has 4 nitrogen and oxygen atoms in total. The Balaban J connectivity index is 1.69. The van der Waals surface area contributed by atoms with E-state index in [-0.39, 0.29) is 16.8 Å². The zero-order valence-corrected chi connectivity index (χ0v) is 16.3. The van der Waals surface area contributed by atoms with Crippen molar-refractivity contribution in [2.75, 3.05) is 26.2 Å². The zero-order valence-electron chi connectivity index (χ0n) is 14.8. The van der Waals surface area contributed by atoms with Crippen LogP contribution in [0.5, 0.6) is 0 Å². The second-order valence-electron chi connectivity index (χ2n) is 6.43. The fourth-order valence-corrected chi connectivity index (χ4v) is 3.49. The molecule has 1 aliphatic heterocycles. The average Bonchev–Trinajstić information content (AvgIpc) is 2.65. The third-order valence-corrected chi connectivity index (χ3v) is 5.69. The highest BCUT2D eigenvalue weighted by Crippen LogP contribution is 2.27. The van der Waals surface area contributed by atoms with Gasteiger partial charge in [-0.15, -0.1) is 0 Å². The minimum atomic E-state index is -0.156. The van der Waals surface area contributed by atoms with Crippen LogP contribution in [-0.4, -0.2) is 47.8 Å². The van der Waals surface area contributed by atoms with Crippen LogP contribution in [0.4, 0.5) is 0 Å². The molecule has 2 aromatic rings. The molecule has 26 heavy (non-hydrogen) atoms. The number of amides is 2. The van der Waals surface area contributed by atoms with Crippen molar-refractivity contribution in [1.29, 1.82) is 0 Å². The summed E-state index contributed by atoms with van der Waals surface area (Å²) >= 11 is 12.2. The minimum absolute atomic E-state index is 0.0130. The summed E-state index contributed by atoms with van der Waals surface area (Å²) in [7, 11) is 0. The van der Waals surface area contributed by atoms with Gasteiger partial charge in [-0.3, -0.25) is 9.59 Å². The lowest BCUT2D eigenvalue weighted by atomic mass is 10.0. The molecule has 6 heteroatoms. The first-order chi connectivity index (χ1) is 12.4. The molecule has 0 spiro atoms. The van der Waals surface area contributed by atoms with Gasteiger partial charge in [0.2, 0.25) is 0 Å². The Morgan fingerprint density at radius 3 is 1.92 bits per heavy atom. The van der Waals surface area contributed by atoms with Crippen LogP contribution >= 0.6 is 23.2 Å². The molecule has 1 saturated heterocycles. The molecule has 1 heterocycles. The van der Waals surface area contributed by atoms with Gasteiger partial charge in [-0.2, -0.15) is 0 Å². The molecule has 2 amide bonds. The molecule has 2 aromatic carbocycles. The number of halogens is 2. The van der Waals surface area contributed by atoms with Crippen LogP contribution in [0, 0.1) is 13.8 Å². The van der Waals surface area contributed by atoms with Gasteiger partial charge in [0.15, 0.2) is 0 Å². The molecule has 0 unspecified atom stereocenters. The highest BCUT2D eigenvalue weighted by molar-refractivity contribution is 6.43. The largest absolute Gasteiger partial charge is 0.335 e. The van der Waals surface area contributed by atoms with Crippen LogP contribution in [0.2, 0.25) is 10.0 Å². The lowest BCUT2D eigenvalue weighted by molar-refractivity contribution is 0.0535. The van der Waals surface area contributed by atoms with E-state index < -0.39 is 0 Å². The van der Waals surface area contributed by atoms with E-state index in [4.69, 9.17) is 23.2 Å². The minimum Gasteiger partial charge on any atom is -0.335 e. The van der Waals surface area contributed by atoms with Gasteiger partial charge >= 0.3 is 0 Å². The van der Waals surface area contributed by atoms with Gasteiger partial charge in [0, 0.05) is 31.7 Å². The predicted octanol–water partition coefficient (Wildman–Crippen LogP) is 4.21. The summed E-state index contributed by atoms with van der Waals surface area (Å²) in [5.41, 5.74) is 3.22. The number of carbonyl (C=O) groups is 2. The van der Waals surface area contributed by atoms with E-state index in [1.807, 2.05) is 32.0 Å². The molecule has 0 bridgehead atoms. The fourth-order valence-electron chi connectivity index (χ4n) is 3.11. The summed E-state index contributed by atoms with van der Waals surface area (Å²) in [6.07, 6.45) is 0. The fraction of sp³-hybridized carbons (Fsp3) is 0.300. The van der Waals surface area contributed by atoms with Crippen molar-refractivity contribution >= 4 is 35.0 Å². The van der Waals surface area contributed by atoms with Crippen LogP contribution in [0.1, 0.15) is 31.8 Å². The van der Waals surface area contributed by atoms with Gasteiger partial charge in [-0.25, -0.2) is 0 Å². The van der Waals surface area contributed by atoms with E-state index in [0.717, 1.165) is 16.7 Å². The summed E-state index contributed by atoms with van der Waals surface area (Å²) in [4.78, 5) is 29.0. The van der Waals surface area contributed by atoms with Crippen molar-refractivity contribution in [3.05, 3.63) is 68.7 Å². The first kappa shape index (κ1) is 18.7. The van der Waals surface area contributed by atoms with Crippen LogP contribution in [0.25, 0.3) is 0 Å². The van der Waals surface area contributed by atoms with Gasteiger partial charge < -0.3 is 9.80 Å². The van der Waals surface area contributed by atoms with E-state index in [1.165, 1.54) is 0 Å². The Morgan fingerprint density at radius 2 is 1.31 bits per heavy atom. The number of hydrogen-bond donors (Lipinski definition) is 0. The zero-order chi connectivity index (χ0) is 18.8. The Kier molecular flexibility index (Phi) is 5.54. The highest BCUT2D eigenvalue weighted by atomic mass is 35.5. The molecule has 3 rings (SSSR count). The summed E-state index contributed by atoms with van der Waals surface area (Å²) in [5.74, 6) is -0.143. The van der Waals surface area contributed by atoms with Crippen LogP contribution in [0.15, 0.2) is 36.4 Å². The number of aryl methyl sites for hydroxylation is 1. The van der Waals surface area contributed by atoms with Crippen molar-refractivity contribution < 1.29 is 9.59 Å². The lowest BCUT2D eigenvalue weighted by Crippen LogP contribution is -2.50. The molecule has 0 N–H and O–H groups in total. The molecule has 1 aliphatic rings. The van der Waals surface area contributed by atoms with Crippen molar-refractivity contribution in [2.45, 2.75) is 13.8 Å². The summed E-state index contributed by atoms with van der Waals surface area (Å²) < 4.78 is 0. The Labute approximate surface area is 163 Å². The highest BCUT2D eigenvalue weighted by Gasteiger charge is 2.27. The first-order valence-corrected chi connectivity index (χ1v) is 9.24. The van der Waals surface area contributed by atoms with E-state index in [9.17, 15) is 9.59 Å². The van der Waals surface area contributed by atoms with Gasteiger partial charge in [0.05, 0.1) is 15.6 Å². The Hall–Kier alpha value is -2.04. The maximum absolute atomic E-state index is 12.8. The van der Waals surface area contributed by atoms with E-state index >= 15 is 0 Å². The number of hydrogen-bond acceptors (Lipinski definition) is 2. The normalized spacial score (nSPS) is 14.5. The average molecular weight is 391 g/mol. The summed E-state index contributed by atoms with van der Waals surface area (Å²) in [6, 6.07) is 10.8. The molecular weight excluding hydrogens is 371 g/mol. The number of carbonyl (C=O) groups excluding carboxylic acids is 2. The third kappa shape index (κ3) is 3.57. The lowest BCUT2D eigenvalue weighted by Gasteiger charge is -2.35. The molecule has 0 radical (unpaired) electrons. The summed E-state index contributed by atoms with van der Waals surface area (Å²) in [5, 5.41) is 0.634. The van der Waals surface area contributed by atoms with Crippen molar-refractivity contribution in [2.24, 2.45) is 0 Å². The van der Waals surface area contributed by atoms with Gasteiger partial charge in [-0.05, 0) is 43.2 Å². The monoisotopic (exact) mass is 390 g/mol. The van der Waals surface area contributed by atoms with E-state index in [2.05, 4.69) is 0 Å². The topological polar surface area (TPSA) is 40.6 Å². The van der Waals surface area contributed by atoms with Crippen LogP contribution < -0.4 is 0 Å². The molecule has 1 fully saturated rings. The van der Waals surface area contributed by atoms with Gasteiger partial charge in [0.1, 0.15) is 0 Å². The van der Waals surface area contributed by atoms with Gasteiger partial charge in [0.25, 0.3) is 11.8 Å². The SMILES string of the molecule is Cc1cccc(C(=O)N2CCN(C(=O)c3cccc(Cl)c3Cl)CC2)c1C. The second-order valence-corrected chi connectivity index (χ2v) is 7.22. The molecule has 0 atom stereocenters. The number of rotatable bonds is 2. The van der Waals surface area contributed by atoms with Gasteiger partial charge in [-0.1, -0.05) is 41.4 Å². The Morgan fingerprint density at radius 1 is 0.808 bits per heavy atom. The summed E-state index contributed by atoms with van der Waals surface area (Å²) in [6.45, 7) is 5.89.